The third-order valence-electron chi connectivity index (χ3n) is 2.71. The van der Waals surface area contributed by atoms with Crippen LogP contribution in [0.5, 0.6) is 0 Å². The van der Waals surface area contributed by atoms with Crippen LogP contribution in [0, 0.1) is 11.3 Å². The van der Waals surface area contributed by atoms with E-state index in [0.717, 1.165) is 16.8 Å². The molecule has 0 radical (unpaired) electrons. The van der Waals surface area contributed by atoms with Gasteiger partial charge in [-0.05, 0) is 17.7 Å². The Morgan fingerprint density at radius 1 is 1.22 bits per heavy atom. The number of fused-ring (bicyclic) bond motifs is 1. The van der Waals surface area contributed by atoms with Crippen LogP contribution in [0.25, 0.3) is 5.52 Å². The van der Waals surface area contributed by atoms with Gasteiger partial charge in [-0.2, -0.15) is 5.26 Å². The summed E-state index contributed by atoms with van der Waals surface area (Å²) < 4.78 is 1.79. The Morgan fingerprint density at radius 3 is 2.83 bits per heavy atom. The van der Waals surface area contributed by atoms with Crippen molar-refractivity contribution in [3.8, 4) is 6.07 Å². The van der Waals surface area contributed by atoms with E-state index in [2.05, 4.69) is 21.0 Å². The molecular formula is C13H9N5. The average molecular weight is 235 g/mol. The zero-order valence-electron chi connectivity index (χ0n) is 9.48. The molecule has 0 fully saturated rings. The normalized spacial score (nSPS) is 10.4. The van der Waals surface area contributed by atoms with E-state index in [1.807, 2.05) is 24.4 Å². The van der Waals surface area contributed by atoms with Crippen molar-refractivity contribution in [2.75, 3.05) is 0 Å². The second kappa shape index (κ2) is 4.26. The first-order valence-corrected chi connectivity index (χ1v) is 5.48. The molecule has 0 atom stereocenters. The van der Waals surface area contributed by atoms with E-state index in [9.17, 15) is 0 Å². The molecule has 3 rings (SSSR count). The first-order valence-electron chi connectivity index (χ1n) is 5.48. The van der Waals surface area contributed by atoms with E-state index >= 15 is 0 Å². The van der Waals surface area contributed by atoms with Gasteiger partial charge in [-0.15, -0.1) is 0 Å². The van der Waals surface area contributed by atoms with Crippen LogP contribution in [0.2, 0.25) is 0 Å². The number of nitriles is 1. The van der Waals surface area contributed by atoms with Crippen LogP contribution < -0.4 is 0 Å². The van der Waals surface area contributed by atoms with Gasteiger partial charge in [0.15, 0.2) is 0 Å². The van der Waals surface area contributed by atoms with Gasteiger partial charge in [0, 0.05) is 25.0 Å². The quantitative estimate of drug-likeness (QED) is 0.676. The van der Waals surface area contributed by atoms with Gasteiger partial charge in [0.05, 0.1) is 11.2 Å². The van der Waals surface area contributed by atoms with Crippen molar-refractivity contribution in [2.45, 2.75) is 6.42 Å². The van der Waals surface area contributed by atoms with Gasteiger partial charge in [-0.3, -0.25) is 4.40 Å². The fourth-order valence-corrected chi connectivity index (χ4v) is 1.93. The van der Waals surface area contributed by atoms with Gasteiger partial charge in [-0.25, -0.2) is 15.0 Å². The second-order valence-electron chi connectivity index (χ2n) is 3.87. The van der Waals surface area contributed by atoms with Gasteiger partial charge in [-0.1, -0.05) is 6.07 Å². The molecule has 0 unspecified atom stereocenters. The van der Waals surface area contributed by atoms with E-state index in [-0.39, 0.29) is 0 Å². The molecule has 0 spiro atoms. The molecule has 0 aliphatic rings. The van der Waals surface area contributed by atoms with Crippen LogP contribution >= 0.6 is 0 Å². The van der Waals surface area contributed by atoms with Crippen molar-refractivity contribution in [1.29, 1.82) is 5.26 Å². The molecule has 0 saturated carbocycles. The molecule has 5 nitrogen and oxygen atoms in total. The van der Waals surface area contributed by atoms with Crippen LogP contribution in [0.1, 0.15) is 17.1 Å². The highest BCUT2D eigenvalue weighted by atomic mass is 15.0. The molecular weight excluding hydrogens is 226 g/mol. The highest BCUT2D eigenvalue weighted by Crippen LogP contribution is 2.15. The Kier molecular flexibility index (Phi) is 2.47. The third kappa shape index (κ3) is 1.70. The van der Waals surface area contributed by atoms with Crippen molar-refractivity contribution in [2.24, 2.45) is 0 Å². The van der Waals surface area contributed by atoms with Crippen LogP contribution in [-0.2, 0) is 6.42 Å². The predicted molar refractivity (Wildman–Crippen MR) is 64.7 cm³/mol. The number of imidazole rings is 1. The summed E-state index contributed by atoms with van der Waals surface area (Å²) in [6, 6.07) is 7.86. The monoisotopic (exact) mass is 235 g/mol. The summed E-state index contributed by atoms with van der Waals surface area (Å²) in [4.78, 5) is 12.3. The predicted octanol–water partition coefficient (Wildman–Crippen LogP) is 1.59. The Hall–Kier alpha value is -2.74. The SMILES string of the molecule is N#Cc1nc(Cc2cncnc2)c2ccccn12. The maximum Gasteiger partial charge on any atom is 0.217 e. The molecule has 0 amide bonds. The molecule has 0 saturated heterocycles. The van der Waals surface area contributed by atoms with E-state index in [1.54, 1.807) is 16.8 Å². The fourth-order valence-electron chi connectivity index (χ4n) is 1.93. The molecule has 3 heterocycles. The van der Waals surface area contributed by atoms with Crippen LogP contribution in [0.15, 0.2) is 43.1 Å². The number of hydrogen-bond donors (Lipinski definition) is 0. The second-order valence-corrected chi connectivity index (χ2v) is 3.87. The highest BCUT2D eigenvalue weighted by molar-refractivity contribution is 5.55. The molecule has 3 aromatic rings. The number of aromatic nitrogens is 4. The van der Waals surface area contributed by atoms with Crippen LogP contribution in [0.4, 0.5) is 0 Å². The Balaban J connectivity index is 2.11. The zero-order valence-corrected chi connectivity index (χ0v) is 9.48. The number of pyridine rings is 1. The summed E-state index contributed by atoms with van der Waals surface area (Å²) in [7, 11) is 0. The van der Waals surface area contributed by atoms with Crippen molar-refractivity contribution in [3.05, 3.63) is 60.2 Å². The van der Waals surface area contributed by atoms with Gasteiger partial charge in [0.1, 0.15) is 12.4 Å². The van der Waals surface area contributed by atoms with Crippen molar-refractivity contribution in [1.82, 2.24) is 19.4 Å². The number of rotatable bonds is 2. The lowest BCUT2D eigenvalue weighted by Crippen LogP contribution is -1.91. The first-order chi connectivity index (χ1) is 8.88. The Morgan fingerprint density at radius 2 is 2.06 bits per heavy atom. The van der Waals surface area contributed by atoms with Gasteiger partial charge in [0.2, 0.25) is 5.82 Å². The lowest BCUT2D eigenvalue weighted by atomic mass is 10.2. The topological polar surface area (TPSA) is 66.9 Å². The molecule has 0 aliphatic carbocycles. The Bertz CT molecular complexity index is 724. The largest absolute Gasteiger partial charge is 0.291 e. The summed E-state index contributed by atoms with van der Waals surface area (Å²) in [5, 5.41) is 9.06. The van der Waals surface area contributed by atoms with Crippen LogP contribution in [0.3, 0.4) is 0 Å². The molecule has 0 aromatic carbocycles. The minimum absolute atomic E-state index is 0.400. The molecule has 0 N–H and O–H groups in total. The summed E-state index contributed by atoms with van der Waals surface area (Å²) in [5.74, 6) is 0.400. The van der Waals surface area contributed by atoms with E-state index in [1.165, 1.54) is 6.33 Å². The van der Waals surface area contributed by atoms with Gasteiger partial charge >= 0.3 is 0 Å². The fraction of sp³-hybridized carbons (Fsp3) is 0.0769. The third-order valence-corrected chi connectivity index (χ3v) is 2.71. The average Bonchev–Trinajstić information content (AvgIpc) is 2.78. The minimum Gasteiger partial charge on any atom is -0.291 e. The molecule has 86 valence electrons. The Labute approximate surface area is 103 Å². The molecule has 18 heavy (non-hydrogen) atoms. The zero-order chi connectivity index (χ0) is 12.4. The molecule has 0 bridgehead atoms. The smallest absolute Gasteiger partial charge is 0.217 e. The number of nitrogens with zero attached hydrogens (tertiary/aromatic N) is 5. The summed E-state index contributed by atoms with van der Waals surface area (Å²) in [6.07, 6.45) is 7.47. The standard InChI is InChI=1S/C13H9N5/c14-6-13-17-11(5-10-7-15-9-16-8-10)12-3-1-2-4-18(12)13/h1-4,7-9H,5H2. The molecule has 3 aromatic heterocycles. The van der Waals surface area contributed by atoms with E-state index < -0.39 is 0 Å². The van der Waals surface area contributed by atoms with Gasteiger partial charge < -0.3 is 0 Å². The van der Waals surface area contributed by atoms with Crippen molar-refractivity contribution >= 4 is 5.52 Å². The lowest BCUT2D eigenvalue weighted by Gasteiger charge is -1.97. The molecule has 0 aliphatic heterocycles. The van der Waals surface area contributed by atoms with E-state index in [4.69, 9.17) is 5.26 Å². The maximum atomic E-state index is 9.06. The van der Waals surface area contributed by atoms with E-state index in [0.29, 0.717) is 12.2 Å². The lowest BCUT2D eigenvalue weighted by molar-refractivity contribution is 1.04. The number of hydrogen-bond acceptors (Lipinski definition) is 4. The van der Waals surface area contributed by atoms with Gasteiger partial charge in [0.25, 0.3) is 0 Å². The highest BCUT2D eigenvalue weighted by Gasteiger charge is 2.10. The van der Waals surface area contributed by atoms with Crippen molar-refractivity contribution < 1.29 is 0 Å². The van der Waals surface area contributed by atoms with Crippen LogP contribution in [-0.4, -0.2) is 19.4 Å². The van der Waals surface area contributed by atoms with Crippen molar-refractivity contribution in [3.63, 3.8) is 0 Å². The minimum atomic E-state index is 0.400. The summed E-state index contributed by atoms with van der Waals surface area (Å²) in [6.45, 7) is 0. The maximum absolute atomic E-state index is 9.06. The summed E-state index contributed by atoms with van der Waals surface area (Å²) >= 11 is 0. The first kappa shape index (κ1) is 10.4. The summed E-state index contributed by atoms with van der Waals surface area (Å²) in [5.41, 5.74) is 2.78. The molecule has 5 heteroatoms.